The summed E-state index contributed by atoms with van der Waals surface area (Å²) in [5, 5.41) is 23.2. The lowest BCUT2D eigenvalue weighted by Crippen LogP contribution is -2.36. The van der Waals surface area contributed by atoms with Gasteiger partial charge < -0.3 is 30.0 Å². The van der Waals surface area contributed by atoms with E-state index >= 15 is 0 Å². The first-order chi connectivity index (χ1) is 15.3. The van der Waals surface area contributed by atoms with Crippen molar-refractivity contribution in [1.82, 2.24) is 30.6 Å². The van der Waals surface area contributed by atoms with Gasteiger partial charge in [-0.1, -0.05) is 17.3 Å². The Bertz CT molecular complexity index is 1120. The fraction of sp³-hybridized carbons (Fsp3) is 0.316. The van der Waals surface area contributed by atoms with E-state index in [4.69, 9.17) is 9.26 Å². The minimum atomic E-state index is -0.625. The van der Waals surface area contributed by atoms with E-state index < -0.39 is 10.8 Å². The van der Waals surface area contributed by atoms with Crippen LogP contribution >= 0.6 is 0 Å². The highest BCUT2D eigenvalue weighted by molar-refractivity contribution is 5.89. The first-order valence-corrected chi connectivity index (χ1v) is 9.58. The molecule has 0 atom stereocenters. The third-order valence-corrected chi connectivity index (χ3v) is 4.43. The Morgan fingerprint density at radius 1 is 1.22 bits per heavy atom. The molecule has 0 aliphatic heterocycles. The average Bonchev–Trinajstić information content (AvgIpc) is 3.42. The average molecular weight is 443 g/mol. The summed E-state index contributed by atoms with van der Waals surface area (Å²) >= 11 is 0. The minimum absolute atomic E-state index is 0.00108. The van der Waals surface area contributed by atoms with Crippen LogP contribution in [0.5, 0.6) is 5.75 Å². The van der Waals surface area contributed by atoms with E-state index in [0.29, 0.717) is 5.75 Å². The summed E-state index contributed by atoms with van der Waals surface area (Å²) in [7, 11) is 0. The smallest absolute Gasteiger partial charge is 0.389 e. The first-order valence-electron chi connectivity index (χ1n) is 9.58. The van der Waals surface area contributed by atoms with Gasteiger partial charge in [-0.25, -0.2) is 0 Å². The van der Waals surface area contributed by atoms with Gasteiger partial charge in [0.25, 0.3) is 5.91 Å². The second-order valence-corrected chi connectivity index (χ2v) is 6.74. The molecule has 0 unspecified atom stereocenters. The van der Waals surface area contributed by atoms with Crippen molar-refractivity contribution in [2.24, 2.45) is 0 Å². The number of hydrogen-bond donors (Lipinski definition) is 2. The number of nitrogens with one attached hydrogen (secondary N) is 2. The summed E-state index contributed by atoms with van der Waals surface area (Å²) in [6, 6.07) is 6.84. The van der Waals surface area contributed by atoms with Crippen molar-refractivity contribution >= 4 is 17.6 Å². The largest absolute Gasteiger partial charge is 0.483 e. The first kappa shape index (κ1) is 22.4. The molecule has 2 heterocycles. The quantitative estimate of drug-likeness (QED) is 0.261. The molecular formula is C19H21N7O6. The second kappa shape index (κ2) is 10.1. The molecule has 2 N–H and O–H groups in total. The van der Waals surface area contributed by atoms with Crippen LogP contribution in [0.2, 0.25) is 0 Å². The number of aromatic nitrogens is 4. The number of rotatable bonds is 10. The molecule has 32 heavy (non-hydrogen) atoms. The zero-order valence-corrected chi connectivity index (χ0v) is 17.4. The van der Waals surface area contributed by atoms with E-state index in [2.05, 4.69) is 25.9 Å². The number of nitrogens with zero attached hydrogens (tertiary/aromatic N) is 5. The van der Waals surface area contributed by atoms with E-state index in [1.54, 1.807) is 6.07 Å². The molecule has 3 aromatic rings. The van der Waals surface area contributed by atoms with Gasteiger partial charge in [0.05, 0.1) is 17.4 Å². The standard InChI is InChI=1S/C19H21N7O6/c1-12-4-3-5-14(13(12)2)31-11-17(27)20-7-8-21-18(28)19-22-15(24-32-19)10-25-9-6-16(23-25)26(29)30/h3-6,9H,7-8,10-11H2,1-2H3,(H,20,27)(H,21,28). The summed E-state index contributed by atoms with van der Waals surface area (Å²) in [5.41, 5.74) is 2.04. The SMILES string of the molecule is Cc1cccc(OCC(=O)NCCNC(=O)c2nc(Cn3ccc([N+](=O)[O-])n3)no2)c1C. The molecule has 0 aliphatic carbocycles. The summed E-state index contributed by atoms with van der Waals surface area (Å²) in [6.45, 7) is 4.05. The number of amides is 2. The van der Waals surface area contributed by atoms with Crippen LogP contribution in [-0.4, -0.2) is 56.4 Å². The van der Waals surface area contributed by atoms with Crippen LogP contribution in [0.4, 0.5) is 5.82 Å². The van der Waals surface area contributed by atoms with Gasteiger partial charge in [-0.3, -0.25) is 9.59 Å². The van der Waals surface area contributed by atoms with Crippen molar-refractivity contribution in [3.63, 3.8) is 0 Å². The number of nitro groups is 1. The fourth-order valence-corrected chi connectivity index (χ4v) is 2.62. The van der Waals surface area contributed by atoms with Crippen molar-refractivity contribution in [3.05, 3.63) is 63.4 Å². The van der Waals surface area contributed by atoms with E-state index in [9.17, 15) is 19.7 Å². The molecule has 0 saturated heterocycles. The zero-order chi connectivity index (χ0) is 23.1. The molecule has 2 aromatic heterocycles. The van der Waals surface area contributed by atoms with E-state index in [1.165, 1.54) is 16.9 Å². The van der Waals surface area contributed by atoms with Crippen molar-refractivity contribution in [2.75, 3.05) is 19.7 Å². The molecule has 0 aliphatic rings. The van der Waals surface area contributed by atoms with Gasteiger partial charge in [-0.05, 0) is 36.0 Å². The van der Waals surface area contributed by atoms with Gasteiger partial charge in [0.2, 0.25) is 0 Å². The van der Waals surface area contributed by atoms with Crippen LogP contribution in [0.15, 0.2) is 35.0 Å². The number of carbonyl (C=O) groups excluding carboxylic acids is 2. The minimum Gasteiger partial charge on any atom is -0.483 e. The maximum atomic E-state index is 12.1. The maximum absolute atomic E-state index is 12.1. The van der Waals surface area contributed by atoms with Crippen LogP contribution in [0.3, 0.4) is 0 Å². The molecule has 0 bridgehead atoms. The third kappa shape index (κ3) is 5.87. The highest BCUT2D eigenvalue weighted by Crippen LogP contribution is 2.20. The normalized spacial score (nSPS) is 10.6. The van der Waals surface area contributed by atoms with Gasteiger partial charge in [-0.15, -0.1) is 0 Å². The number of hydrogen-bond acceptors (Lipinski definition) is 9. The lowest BCUT2D eigenvalue weighted by Gasteiger charge is -2.11. The van der Waals surface area contributed by atoms with Gasteiger partial charge in [0.15, 0.2) is 12.4 Å². The Balaban J connectivity index is 1.38. The van der Waals surface area contributed by atoms with E-state index in [1.807, 2.05) is 26.0 Å². The molecule has 168 valence electrons. The van der Waals surface area contributed by atoms with Gasteiger partial charge in [0, 0.05) is 13.1 Å². The summed E-state index contributed by atoms with van der Waals surface area (Å²) in [5.74, 6) is -0.751. The Hall–Kier alpha value is -4.29. The molecule has 0 fully saturated rings. The molecule has 0 spiro atoms. The van der Waals surface area contributed by atoms with Crippen molar-refractivity contribution < 1.29 is 23.8 Å². The Morgan fingerprint density at radius 3 is 2.75 bits per heavy atom. The summed E-state index contributed by atoms with van der Waals surface area (Å²) in [4.78, 5) is 37.9. The van der Waals surface area contributed by atoms with Crippen LogP contribution in [0, 0.1) is 24.0 Å². The predicted octanol–water partition coefficient (Wildman–Crippen LogP) is 0.764. The molecule has 2 amide bonds. The summed E-state index contributed by atoms with van der Waals surface area (Å²) in [6.07, 6.45) is 1.39. The maximum Gasteiger partial charge on any atom is 0.389 e. The highest BCUT2D eigenvalue weighted by Gasteiger charge is 2.17. The van der Waals surface area contributed by atoms with Crippen LogP contribution < -0.4 is 15.4 Å². The molecule has 1 aromatic carbocycles. The Morgan fingerprint density at radius 2 is 2.00 bits per heavy atom. The lowest BCUT2D eigenvalue weighted by molar-refractivity contribution is -0.389. The monoisotopic (exact) mass is 443 g/mol. The number of benzene rings is 1. The lowest BCUT2D eigenvalue weighted by atomic mass is 10.1. The van der Waals surface area contributed by atoms with Crippen molar-refractivity contribution in [2.45, 2.75) is 20.4 Å². The van der Waals surface area contributed by atoms with E-state index in [0.717, 1.165) is 11.1 Å². The van der Waals surface area contributed by atoms with E-state index in [-0.39, 0.29) is 49.7 Å². The zero-order valence-electron chi connectivity index (χ0n) is 17.4. The number of carbonyl (C=O) groups is 2. The van der Waals surface area contributed by atoms with Gasteiger partial charge in [-0.2, -0.15) is 9.67 Å². The van der Waals surface area contributed by atoms with Crippen LogP contribution in [0.25, 0.3) is 0 Å². The molecule has 0 saturated carbocycles. The van der Waals surface area contributed by atoms with Crippen molar-refractivity contribution in [1.29, 1.82) is 0 Å². The van der Waals surface area contributed by atoms with Gasteiger partial charge in [0.1, 0.15) is 12.3 Å². The number of ether oxygens (including phenoxy) is 1. The molecular weight excluding hydrogens is 422 g/mol. The van der Waals surface area contributed by atoms with Gasteiger partial charge >= 0.3 is 17.6 Å². The summed E-state index contributed by atoms with van der Waals surface area (Å²) < 4.78 is 11.7. The predicted molar refractivity (Wildman–Crippen MR) is 109 cm³/mol. The molecule has 13 heteroatoms. The molecule has 13 nitrogen and oxygen atoms in total. The van der Waals surface area contributed by atoms with Crippen molar-refractivity contribution in [3.8, 4) is 5.75 Å². The highest BCUT2D eigenvalue weighted by atomic mass is 16.6. The Kier molecular flexibility index (Phi) is 7.10. The Labute approximate surface area is 181 Å². The second-order valence-electron chi connectivity index (χ2n) is 6.74. The van der Waals surface area contributed by atoms with Crippen LogP contribution in [0.1, 0.15) is 27.6 Å². The fourth-order valence-electron chi connectivity index (χ4n) is 2.62. The topological polar surface area (TPSA) is 167 Å². The molecule has 0 radical (unpaired) electrons. The molecule has 3 rings (SSSR count). The third-order valence-electron chi connectivity index (χ3n) is 4.43. The van der Waals surface area contributed by atoms with Crippen LogP contribution in [-0.2, 0) is 11.3 Å². The number of aryl methyl sites for hydroxylation is 1.